The quantitative estimate of drug-likeness (QED) is 0.367. The molecule has 1 atom stereocenters. The second-order valence-electron chi connectivity index (χ2n) is 6.64. The first-order chi connectivity index (χ1) is 14.3. The average molecular weight is 413 g/mol. The summed E-state index contributed by atoms with van der Waals surface area (Å²) in [6, 6.07) is 11.9. The Morgan fingerprint density at radius 1 is 1.13 bits per heavy atom. The van der Waals surface area contributed by atoms with Crippen molar-refractivity contribution in [1.29, 1.82) is 0 Å². The summed E-state index contributed by atoms with van der Waals surface area (Å²) < 4.78 is 4.92. The Labute approximate surface area is 173 Å². The Morgan fingerprint density at radius 2 is 1.87 bits per heavy atom. The van der Waals surface area contributed by atoms with E-state index in [1.54, 1.807) is 0 Å². The smallest absolute Gasteiger partial charge is 0.328 e. The lowest BCUT2D eigenvalue weighted by atomic mass is 10.1. The maximum absolute atomic E-state index is 12.2. The number of ether oxygens (including phenoxy) is 1. The van der Waals surface area contributed by atoms with Gasteiger partial charge < -0.3 is 15.4 Å². The van der Waals surface area contributed by atoms with Crippen LogP contribution < -0.4 is 10.6 Å². The van der Waals surface area contributed by atoms with Crippen LogP contribution in [0.3, 0.4) is 0 Å². The van der Waals surface area contributed by atoms with Crippen molar-refractivity contribution in [3.05, 3.63) is 75.3 Å². The lowest BCUT2D eigenvalue weighted by molar-refractivity contribution is -0.384. The number of nitro groups is 1. The summed E-state index contributed by atoms with van der Waals surface area (Å²) in [4.78, 5) is 46.2. The van der Waals surface area contributed by atoms with E-state index in [4.69, 9.17) is 4.74 Å². The Balaban J connectivity index is 1.75. The van der Waals surface area contributed by atoms with Gasteiger partial charge in [-0.05, 0) is 37.5 Å². The van der Waals surface area contributed by atoms with Gasteiger partial charge in [-0.3, -0.25) is 19.7 Å². The number of carbonyl (C=O) groups excluding carboxylic acids is 3. The third kappa shape index (κ3) is 6.69. The zero-order valence-corrected chi connectivity index (χ0v) is 16.7. The topological polar surface area (TPSA) is 128 Å². The zero-order chi connectivity index (χ0) is 22.1. The molecule has 0 radical (unpaired) electrons. The fourth-order valence-electron chi connectivity index (χ4n) is 2.64. The fraction of sp³-hybridized carbons (Fsp3) is 0.286. The number of nitrogens with zero attached hydrogens (tertiary/aromatic N) is 1. The van der Waals surface area contributed by atoms with Crippen LogP contribution in [0.4, 0.5) is 5.69 Å². The van der Waals surface area contributed by atoms with E-state index in [-0.39, 0.29) is 11.3 Å². The van der Waals surface area contributed by atoms with Crippen LogP contribution in [-0.2, 0) is 20.7 Å². The maximum atomic E-state index is 12.2. The molecule has 2 aromatic rings. The van der Waals surface area contributed by atoms with E-state index in [9.17, 15) is 24.5 Å². The molecule has 0 saturated heterocycles. The number of hydrogen-bond donors (Lipinski definition) is 2. The third-order valence-corrected chi connectivity index (χ3v) is 4.34. The molecule has 0 bridgehead atoms. The van der Waals surface area contributed by atoms with E-state index >= 15 is 0 Å². The summed E-state index contributed by atoms with van der Waals surface area (Å²) in [6.07, 6.45) is 0.655. The van der Waals surface area contributed by atoms with Crippen LogP contribution >= 0.6 is 0 Å². The van der Waals surface area contributed by atoms with E-state index in [2.05, 4.69) is 10.6 Å². The molecule has 158 valence electrons. The van der Waals surface area contributed by atoms with Gasteiger partial charge in [0.05, 0.1) is 4.92 Å². The number of non-ortho nitro benzene ring substituents is 1. The van der Waals surface area contributed by atoms with Crippen LogP contribution in [0.25, 0.3) is 0 Å². The number of esters is 1. The normalized spacial score (nSPS) is 11.3. The number of nitro benzene ring substituents is 1. The van der Waals surface area contributed by atoms with Crippen molar-refractivity contribution < 1.29 is 24.0 Å². The van der Waals surface area contributed by atoms with Crippen molar-refractivity contribution >= 4 is 23.5 Å². The minimum Gasteiger partial charge on any atom is -0.454 e. The molecule has 0 aliphatic rings. The van der Waals surface area contributed by atoms with Gasteiger partial charge in [0.1, 0.15) is 6.04 Å². The van der Waals surface area contributed by atoms with Crippen molar-refractivity contribution in [3.8, 4) is 0 Å². The summed E-state index contributed by atoms with van der Waals surface area (Å²) in [6.45, 7) is 3.32. The van der Waals surface area contributed by atoms with Crippen LogP contribution in [0.5, 0.6) is 0 Å². The summed E-state index contributed by atoms with van der Waals surface area (Å²) in [5.41, 5.74) is 2.05. The predicted octanol–water partition coefficient (Wildman–Crippen LogP) is 1.92. The van der Waals surface area contributed by atoms with Crippen molar-refractivity contribution in [2.45, 2.75) is 26.3 Å². The molecule has 0 heterocycles. The van der Waals surface area contributed by atoms with E-state index < -0.39 is 35.4 Å². The molecule has 2 N–H and O–H groups in total. The van der Waals surface area contributed by atoms with Crippen molar-refractivity contribution in [3.63, 3.8) is 0 Å². The predicted molar refractivity (Wildman–Crippen MR) is 109 cm³/mol. The fourth-order valence-corrected chi connectivity index (χ4v) is 2.64. The van der Waals surface area contributed by atoms with E-state index in [1.807, 2.05) is 31.2 Å². The summed E-state index contributed by atoms with van der Waals surface area (Å²) in [7, 11) is 0. The molecule has 30 heavy (non-hydrogen) atoms. The number of amides is 2. The molecule has 0 aliphatic carbocycles. The first kappa shape index (κ1) is 22.5. The molecule has 0 aliphatic heterocycles. The third-order valence-electron chi connectivity index (χ3n) is 4.34. The number of aryl methyl sites for hydroxylation is 1. The van der Waals surface area contributed by atoms with Crippen LogP contribution in [-0.4, -0.2) is 41.9 Å². The number of nitrogens with one attached hydrogen (secondary N) is 2. The van der Waals surface area contributed by atoms with Crippen LogP contribution in [0, 0.1) is 17.0 Å². The average Bonchev–Trinajstić information content (AvgIpc) is 2.73. The van der Waals surface area contributed by atoms with Crippen molar-refractivity contribution in [2.24, 2.45) is 0 Å². The first-order valence-corrected chi connectivity index (χ1v) is 9.31. The SMILES string of the molecule is Cc1ccccc1CCNC(=O)COC(=O)[C@H](C)NC(=O)c1cccc([N+](=O)[O-])c1. The van der Waals surface area contributed by atoms with E-state index in [0.717, 1.165) is 17.2 Å². The van der Waals surface area contributed by atoms with Gasteiger partial charge in [0.15, 0.2) is 6.61 Å². The van der Waals surface area contributed by atoms with Gasteiger partial charge in [0, 0.05) is 24.2 Å². The minimum atomic E-state index is -1.03. The highest BCUT2D eigenvalue weighted by molar-refractivity contribution is 5.97. The standard InChI is InChI=1S/C21H23N3O6/c1-14-6-3-4-7-16(14)10-11-22-19(25)13-30-21(27)15(2)23-20(26)17-8-5-9-18(12-17)24(28)29/h3-9,12,15H,10-11,13H2,1-2H3,(H,22,25)(H,23,26)/t15-/m0/s1. The van der Waals surface area contributed by atoms with Gasteiger partial charge in [-0.25, -0.2) is 4.79 Å². The molecule has 9 heteroatoms. The van der Waals surface area contributed by atoms with Crippen LogP contribution in [0.2, 0.25) is 0 Å². The van der Waals surface area contributed by atoms with Crippen LogP contribution in [0.1, 0.15) is 28.4 Å². The number of benzene rings is 2. The molecule has 2 aromatic carbocycles. The molecule has 2 rings (SSSR count). The molecule has 0 fully saturated rings. The van der Waals surface area contributed by atoms with Crippen LogP contribution in [0.15, 0.2) is 48.5 Å². The lowest BCUT2D eigenvalue weighted by Crippen LogP contribution is -2.41. The van der Waals surface area contributed by atoms with E-state index in [1.165, 1.54) is 25.1 Å². The molecular weight excluding hydrogens is 390 g/mol. The van der Waals surface area contributed by atoms with Gasteiger partial charge in [0.25, 0.3) is 17.5 Å². The minimum absolute atomic E-state index is 0.0396. The first-order valence-electron chi connectivity index (χ1n) is 9.31. The second-order valence-corrected chi connectivity index (χ2v) is 6.64. The zero-order valence-electron chi connectivity index (χ0n) is 16.7. The lowest BCUT2D eigenvalue weighted by Gasteiger charge is -2.13. The van der Waals surface area contributed by atoms with Crippen molar-refractivity contribution in [2.75, 3.05) is 13.2 Å². The highest BCUT2D eigenvalue weighted by atomic mass is 16.6. The molecular formula is C21H23N3O6. The summed E-state index contributed by atoms with van der Waals surface area (Å²) in [5, 5.41) is 15.8. The van der Waals surface area contributed by atoms with Gasteiger partial charge in [-0.1, -0.05) is 30.3 Å². The molecule has 0 aromatic heterocycles. The number of hydrogen-bond acceptors (Lipinski definition) is 6. The second kappa shape index (κ2) is 10.7. The molecule has 0 saturated carbocycles. The van der Waals surface area contributed by atoms with Gasteiger partial charge in [0.2, 0.25) is 0 Å². The van der Waals surface area contributed by atoms with Gasteiger partial charge in [-0.15, -0.1) is 0 Å². The number of carbonyl (C=O) groups is 3. The Morgan fingerprint density at radius 3 is 2.57 bits per heavy atom. The Kier molecular flexibility index (Phi) is 8.04. The van der Waals surface area contributed by atoms with Crippen molar-refractivity contribution in [1.82, 2.24) is 10.6 Å². The molecule has 0 spiro atoms. The molecule has 9 nitrogen and oxygen atoms in total. The Hall–Kier alpha value is -3.75. The molecule has 2 amide bonds. The highest BCUT2D eigenvalue weighted by Gasteiger charge is 2.20. The molecule has 0 unspecified atom stereocenters. The summed E-state index contributed by atoms with van der Waals surface area (Å²) >= 11 is 0. The summed E-state index contributed by atoms with van der Waals surface area (Å²) in [5.74, 6) is -1.90. The number of rotatable bonds is 9. The monoisotopic (exact) mass is 413 g/mol. The largest absolute Gasteiger partial charge is 0.454 e. The Bertz CT molecular complexity index is 944. The van der Waals surface area contributed by atoms with E-state index in [0.29, 0.717) is 13.0 Å². The highest BCUT2D eigenvalue weighted by Crippen LogP contribution is 2.13. The van der Waals surface area contributed by atoms with Gasteiger partial charge in [-0.2, -0.15) is 0 Å². The maximum Gasteiger partial charge on any atom is 0.328 e. The van der Waals surface area contributed by atoms with Gasteiger partial charge >= 0.3 is 5.97 Å².